The number of carbonyl (C=O) groups excluding carboxylic acids is 1. The van der Waals surface area contributed by atoms with Gasteiger partial charge >= 0.3 is 0 Å². The van der Waals surface area contributed by atoms with Crippen molar-refractivity contribution in [3.05, 3.63) is 102 Å². The quantitative estimate of drug-likeness (QED) is 0.384. The molecular formula is C25H21N5OS. The first-order chi connectivity index (χ1) is 15.7. The van der Waals surface area contributed by atoms with Gasteiger partial charge in [-0.2, -0.15) is 0 Å². The van der Waals surface area contributed by atoms with Crippen LogP contribution in [0.2, 0.25) is 0 Å². The average Bonchev–Trinajstić information content (AvgIpc) is 3.47. The van der Waals surface area contributed by atoms with Crippen molar-refractivity contribution in [1.29, 1.82) is 0 Å². The van der Waals surface area contributed by atoms with E-state index in [2.05, 4.69) is 32.4 Å². The van der Waals surface area contributed by atoms with Gasteiger partial charge in [-0.1, -0.05) is 42.5 Å². The number of thiazole rings is 1. The number of imidazole rings is 1. The molecule has 6 nitrogen and oxygen atoms in total. The molecule has 7 heteroatoms. The molecule has 5 rings (SSSR count). The molecule has 1 amide bonds. The van der Waals surface area contributed by atoms with Crippen LogP contribution in [0.25, 0.3) is 21.6 Å². The molecule has 0 unspecified atom stereocenters. The van der Waals surface area contributed by atoms with E-state index in [1.165, 1.54) is 11.3 Å². The maximum atomic E-state index is 12.9. The third kappa shape index (κ3) is 4.58. The number of aromatic amines is 1. The van der Waals surface area contributed by atoms with E-state index in [1.807, 2.05) is 60.0 Å². The standard InChI is InChI=1S/C25H21N5OS/c31-23(14-19-16-32-25(27-19)18-9-6-12-26-15-18)28-22(13-17-7-2-1-3-8-17)24-29-20-10-4-5-11-21(20)30-24/h1-12,15-16,22H,13-14H2,(H,28,31)(H,29,30)/t22-/m0/s1. The van der Waals surface area contributed by atoms with E-state index in [-0.39, 0.29) is 18.4 Å². The number of para-hydroxylation sites is 2. The van der Waals surface area contributed by atoms with Crippen LogP contribution in [0.5, 0.6) is 0 Å². The molecule has 0 bridgehead atoms. The van der Waals surface area contributed by atoms with Crippen molar-refractivity contribution in [3.8, 4) is 10.6 Å². The van der Waals surface area contributed by atoms with Crippen molar-refractivity contribution in [2.24, 2.45) is 0 Å². The first-order valence-electron chi connectivity index (χ1n) is 10.4. The molecule has 0 fully saturated rings. The molecule has 0 aliphatic carbocycles. The van der Waals surface area contributed by atoms with Gasteiger partial charge in [0.05, 0.1) is 29.2 Å². The van der Waals surface area contributed by atoms with E-state index < -0.39 is 0 Å². The molecular weight excluding hydrogens is 418 g/mol. The molecule has 32 heavy (non-hydrogen) atoms. The van der Waals surface area contributed by atoms with Crippen LogP contribution in [-0.2, 0) is 17.6 Å². The fourth-order valence-electron chi connectivity index (χ4n) is 3.62. The predicted molar refractivity (Wildman–Crippen MR) is 126 cm³/mol. The summed E-state index contributed by atoms with van der Waals surface area (Å²) >= 11 is 1.52. The molecule has 5 aromatic rings. The number of benzene rings is 2. The van der Waals surface area contributed by atoms with Gasteiger partial charge in [0.2, 0.25) is 5.91 Å². The Balaban J connectivity index is 1.35. The van der Waals surface area contributed by atoms with E-state index in [4.69, 9.17) is 4.98 Å². The minimum absolute atomic E-state index is 0.0885. The summed E-state index contributed by atoms with van der Waals surface area (Å²) in [7, 11) is 0. The highest BCUT2D eigenvalue weighted by Crippen LogP contribution is 2.24. The van der Waals surface area contributed by atoms with E-state index in [9.17, 15) is 4.79 Å². The van der Waals surface area contributed by atoms with Gasteiger partial charge in [-0.05, 0) is 36.2 Å². The summed E-state index contributed by atoms with van der Waals surface area (Å²) < 4.78 is 0. The predicted octanol–water partition coefficient (Wildman–Crippen LogP) is 4.72. The normalized spacial score (nSPS) is 12.0. The van der Waals surface area contributed by atoms with Gasteiger partial charge in [0.1, 0.15) is 10.8 Å². The molecule has 158 valence electrons. The first kappa shape index (κ1) is 20.1. The van der Waals surface area contributed by atoms with Crippen molar-refractivity contribution in [3.63, 3.8) is 0 Å². The van der Waals surface area contributed by atoms with Gasteiger partial charge in [-0.25, -0.2) is 9.97 Å². The second-order valence-corrected chi connectivity index (χ2v) is 8.37. The molecule has 2 N–H and O–H groups in total. The largest absolute Gasteiger partial charge is 0.345 e. The molecule has 0 aliphatic heterocycles. The Morgan fingerprint density at radius 1 is 1.00 bits per heavy atom. The van der Waals surface area contributed by atoms with Crippen LogP contribution < -0.4 is 5.32 Å². The minimum Gasteiger partial charge on any atom is -0.345 e. The third-order valence-corrected chi connectivity index (χ3v) is 6.10. The summed E-state index contributed by atoms with van der Waals surface area (Å²) in [5.41, 5.74) is 4.67. The zero-order valence-corrected chi connectivity index (χ0v) is 18.0. The van der Waals surface area contributed by atoms with Crippen LogP contribution in [0.1, 0.15) is 23.1 Å². The van der Waals surface area contributed by atoms with Gasteiger partial charge < -0.3 is 10.3 Å². The monoisotopic (exact) mass is 439 g/mol. The van der Waals surface area contributed by atoms with Crippen LogP contribution in [0.4, 0.5) is 0 Å². The number of aromatic nitrogens is 4. The zero-order chi connectivity index (χ0) is 21.8. The lowest BCUT2D eigenvalue weighted by Crippen LogP contribution is -2.32. The number of H-pyrrole nitrogens is 1. The highest BCUT2D eigenvalue weighted by atomic mass is 32.1. The van der Waals surface area contributed by atoms with E-state index in [0.717, 1.165) is 38.7 Å². The van der Waals surface area contributed by atoms with Crippen LogP contribution >= 0.6 is 11.3 Å². The Morgan fingerprint density at radius 2 is 1.84 bits per heavy atom. The lowest BCUT2D eigenvalue weighted by molar-refractivity contribution is -0.121. The van der Waals surface area contributed by atoms with E-state index in [0.29, 0.717) is 6.42 Å². The van der Waals surface area contributed by atoms with Gasteiger partial charge in [0, 0.05) is 23.3 Å². The highest BCUT2D eigenvalue weighted by Gasteiger charge is 2.20. The van der Waals surface area contributed by atoms with Gasteiger partial charge in [0.25, 0.3) is 0 Å². The third-order valence-electron chi connectivity index (χ3n) is 5.16. The molecule has 0 saturated heterocycles. The Morgan fingerprint density at radius 3 is 2.66 bits per heavy atom. The maximum absolute atomic E-state index is 12.9. The smallest absolute Gasteiger partial charge is 0.226 e. The van der Waals surface area contributed by atoms with Gasteiger partial charge in [-0.15, -0.1) is 11.3 Å². The van der Waals surface area contributed by atoms with E-state index in [1.54, 1.807) is 12.4 Å². The SMILES string of the molecule is O=C(Cc1csc(-c2cccnc2)n1)N[C@@H](Cc1ccccc1)c1nc2ccccc2[nH]1. The lowest BCUT2D eigenvalue weighted by Gasteiger charge is -2.17. The van der Waals surface area contributed by atoms with Crippen molar-refractivity contribution < 1.29 is 4.79 Å². The summed E-state index contributed by atoms with van der Waals surface area (Å²) in [6.07, 6.45) is 4.36. The summed E-state index contributed by atoms with van der Waals surface area (Å²) in [6, 6.07) is 21.6. The lowest BCUT2D eigenvalue weighted by atomic mass is 10.1. The summed E-state index contributed by atoms with van der Waals surface area (Å²) in [5.74, 6) is 0.659. The fourth-order valence-corrected chi connectivity index (χ4v) is 4.43. The number of amides is 1. The van der Waals surface area contributed by atoms with Gasteiger partial charge in [-0.3, -0.25) is 9.78 Å². The molecule has 3 heterocycles. The van der Waals surface area contributed by atoms with Crippen molar-refractivity contribution in [1.82, 2.24) is 25.3 Å². The molecule has 1 atom stereocenters. The van der Waals surface area contributed by atoms with Crippen molar-refractivity contribution >= 4 is 28.3 Å². The second-order valence-electron chi connectivity index (χ2n) is 7.51. The Bertz CT molecular complexity index is 1300. The van der Waals surface area contributed by atoms with E-state index >= 15 is 0 Å². The summed E-state index contributed by atoms with van der Waals surface area (Å²) in [4.78, 5) is 29.8. The Hall–Kier alpha value is -3.84. The topological polar surface area (TPSA) is 83.6 Å². The second kappa shape index (κ2) is 9.11. The maximum Gasteiger partial charge on any atom is 0.226 e. The number of hydrogen-bond acceptors (Lipinski definition) is 5. The highest BCUT2D eigenvalue weighted by molar-refractivity contribution is 7.13. The molecule has 2 aromatic carbocycles. The molecule has 3 aromatic heterocycles. The number of carbonyl (C=O) groups is 1. The molecule has 0 radical (unpaired) electrons. The Labute approximate surface area is 189 Å². The average molecular weight is 440 g/mol. The van der Waals surface area contributed by atoms with Crippen LogP contribution in [-0.4, -0.2) is 25.8 Å². The number of hydrogen-bond donors (Lipinski definition) is 2. The molecule has 0 saturated carbocycles. The van der Waals surface area contributed by atoms with Crippen LogP contribution in [0.15, 0.2) is 84.5 Å². The number of pyridine rings is 1. The number of rotatable bonds is 7. The van der Waals surface area contributed by atoms with Crippen LogP contribution in [0, 0.1) is 0 Å². The summed E-state index contributed by atoms with van der Waals surface area (Å²) in [6.45, 7) is 0. The molecule has 0 spiro atoms. The van der Waals surface area contributed by atoms with Gasteiger partial charge in [0.15, 0.2) is 0 Å². The Kier molecular flexibility index (Phi) is 5.72. The zero-order valence-electron chi connectivity index (χ0n) is 17.2. The first-order valence-corrected chi connectivity index (χ1v) is 11.3. The molecule has 0 aliphatic rings. The minimum atomic E-state index is -0.270. The van der Waals surface area contributed by atoms with Crippen molar-refractivity contribution in [2.75, 3.05) is 0 Å². The number of nitrogens with zero attached hydrogens (tertiary/aromatic N) is 3. The number of nitrogens with one attached hydrogen (secondary N) is 2. The summed E-state index contributed by atoms with van der Waals surface area (Å²) in [5, 5.41) is 5.95. The fraction of sp³-hybridized carbons (Fsp3) is 0.120. The number of fused-ring (bicyclic) bond motifs is 1. The van der Waals surface area contributed by atoms with Crippen molar-refractivity contribution in [2.45, 2.75) is 18.9 Å². The van der Waals surface area contributed by atoms with Crippen LogP contribution in [0.3, 0.4) is 0 Å².